The van der Waals surface area contributed by atoms with Gasteiger partial charge in [-0.05, 0) is 0 Å². The number of imidazole rings is 1. The lowest BCUT2D eigenvalue weighted by Gasteiger charge is -2.19. The quantitative estimate of drug-likeness (QED) is 0.493. The second-order valence-electron chi connectivity index (χ2n) is 2.78. The monoisotopic (exact) mass is 220 g/mol. The van der Waals surface area contributed by atoms with Gasteiger partial charge in [-0.15, -0.1) is 0 Å². The van der Waals surface area contributed by atoms with Gasteiger partial charge < -0.3 is 13.9 Å². The van der Waals surface area contributed by atoms with Crippen molar-refractivity contribution in [2.75, 3.05) is 13.7 Å². The molecule has 0 aromatic carbocycles. The zero-order valence-corrected chi connectivity index (χ0v) is 9.02. The Bertz CT molecular complexity index is 338. The highest BCUT2D eigenvalue weighted by molar-refractivity contribution is 7.45. The normalized spacial score (nSPS) is 15.4. The van der Waals surface area contributed by atoms with Gasteiger partial charge >= 0.3 is 0 Å². The Morgan fingerprint density at radius 2 is 2.36 bits per heavy atom. The van der Waals surface area contributed by atoms with Gasteiger partial charge in [-0.25, -0.2) is 9.13 Å². The van der Waals surface area contributed by atoms with Gasteiger partial charge in [-0.3, -0.25) is 4.57 Å². The first-order chi connectivity index (χ1) is 6.53. The van der Waals surface area contributed by atoms with Crippen LogP contribution in [-0.2, 0) is 27.2 Å². The average molecular weight is 220 g/mol. The first-order valence-electron chi connectivity index (χ1n) is 4.06. The number of phosphoric acid groups is 1. The van der Waals surface area contributed by atoms with Gasteiger partial charge in [-0.2, -0.15) is 0 Å². The topological polar surface area (TPSA) is 67.4 Å². The van der Waals surface area contributed by atoms with Crippen LogP contribution in [0.2, 0.25) is 0 Å². The van der Waals surface area contributed by atoms with Crippen LogP contribution in [0.4, 0.5) is 0 Å². The Hall–Kier alpha value is -0.680. The maximum atomic E-state index is 10.8. The van der Waals surface area contributed by atoms with E-state index in [-0.39, 0.29) is 6.61 Å². The fourth-order valence-corrected chi connectivity index (χ4v) is 1.36. The highest BCUT2D eigenvalue weighted by Gasteiger charge is 2.07. The van der Waals surface area contributed by atoms with Gasteiger partial charge in [0.05, 0.1) is 13.7 Å². The Morgan fingerprint density at radius 1 is 1.64 bits per heavy atom. The van der Waals surface area contributed by atoms with E-state index in [0.717, 1.165) is 7.11 Å². The summed E-state index contributed by atoms with van der Waals surface area (Å²) in [5.74, 6) is 0. The van der Waals surface area contributed by atoms with Crippen molar-refractivity contribution in [1.29, 1.82) is 0 Å². The van der Waals surface area contributed by atoms with Gasteiger partial charge in [0.25, 0.3) is 7.82 Å². The van der Waals surface area contributed by atoms with E-state index in [1.54, 1.807) is 0 Å². The van der Waals surface area contributed by atoms with Gasteiger partial charge in [0.15, 0.2) is 0 Å². The van der Waals surface area contributed by atoms with Crippen LogP contribution < -0.4 is 9.46 Å². The van der Waals surface area contributed by atoms with E-state index in [1.807, 2.05) is 34.9 Å². The molecule has 0 bridgehead atoms. The third kappa shape index (κ3) is 3.59. The number of rotatable bonds is 5. The summed E-state index contributed by atoms with van der Waals surface area (Å²) in [4.78, 5) is 10.8. The predicted octanol–water partition coefficient (Wildman–Crippen LogP) is -0.556. The van der Waals surface area contributed by atoms with Crippen molar-refractivity contribution in [1.82, 2.24) is 4.57 Å². The summed E-state index contributed by atoms with van der Waals surface area (Å²) in [5.41, 5.74) is 0. The molecular formula is C7H13N2O4P. The van der Waals surface area contributed by atoms with Crippen LogP contribution in [0.5, 0.6) is 0 Å². The predicted molar refractivity (Wildman–Crippen MR) is 46.2 cm³/mol. The molecule has 1 aromatic heterocycles. The van der Waals surface area contributed by atoms with E-state index < -0.39 is 7.82 Å². The molecule has 6 nitrogen and oxygen atoms in total. The van der Waals surface area contributed by atoms with E-state index in [2.05, 4.69) is 9.05 Å². The fourth-order valence-electron chi connectivity index (χ4n) is 0.945. The first-order valence-corrected chi connectivity index (χ1v) is 5.52. The van der Waals surface area contributed by atoms with Gasteiger partial charge in [0.2, 0.25) is 6.33 Å². The zero-order chi connectivity index (χ0) is 10.6. The van der Waals surface area contributed by atoms with Crippen molar-refractivity contribution in [2.45, 2.75) is 6.54 Å². The summed E-state index contributed by atoms with van der Waals surface area (Å²) in [5, 5.41) is 0. The number of aromatic nitrogens is 2. The molecule has 80 valence electrons. The minimum absolute atomic E-state index is 0.0727. The van der Waals surface area contributed by atoms with Gasteiger partial charge in [0, 0.05) is 7.11 Å². The lowest BCUT2D eigenvalue weighted by molar-refractivity contribution is -0.697. The molecule has 1 unspecified atom stereocenters. The van der Waals surface area contributed by atoms with Crippen LogP contribution in [0, 0.1) is 0 Å². The summed E-state index contributed by atoms with van der Waals surface area (Å²) in [6.45, 7) is 0.541. The van der Waals surface area contributed by atoms with Crippen molar-refractivity contribution in [3.8, 4) is 0 Å². The van der Waals surface area contributed by atoms with Crippen molar-refractivity contribution >= 4 is 7.82 Å². The van der Waals surface area contributed by atoms with Crippen molar-refractivity contribution in [2.24, 2.45) is 7.05 Å². The Balaban J connectivity index is 2.32. The smallest absolute Gasteiger partial charge is 0.267 e. The van der Waals surface area contributed by atoms with Gasteiger partial charge in [-0.1, -0.05) is 0 Å². The molecule has 0 amide bonds. The van der Waals surface area contributed by atoms with E-state index in [9.17, 15) is 9.46 Å². The summed E-state index contributed by atoms with van der Waals surface area (Å²) in [7, 11) is -1.12. The maximum Gasteiger partial charge on any atom is 0.267 e. The van der Waals surface area contributed by atoms with Crippen LogP contribution in [0.3, 0.4) is 0 Å². The molecule has 0 saturated heterocycles. The molecule has 0 aliphatic rings. The van der Waals surface area contributed by atoms with E-state index in [0.29, 0.717) is 6.54 Å². The molecule has 0 spiro atoms. The highest BCUT2D eigenvalue weighted by Crippen LogP contribution is 2.36. The molecule has 0 saturated carbocycles. The minimum Gasteiger partial charge on any atom is -0.756 e. The summed E-state index contributed by atoms with van der Waals surface area (Å²) < 4.78 is 23.1. The molecule has 0 radical (unpaired) electrons. The molecular weight excluding hydrogens is 207 g/mol. The molecule has 1 rings (SSSR count). The Kier molecular flexibility index (Phi) is 3.83. The second-order valence-corrected chi connectivity index (χ2v) is 4.30. The fraction of sp³-hybridized carbons (Fsp3) is 0.571. The minimum atomic E-state index is -4.07. The largest absolute Gasteiger partial charge is 0.756 e. The zero-order valence-electron chi connectivity index (χ0n) is 8.12. The van der Waals surface area contributed by atoms with Gasteiger partial charge in [0.1, 0.15) is 18.9 Å². The number of phosphoric ester groups is 1. The summed E-state index contributed by atoms with van der Waals surface area (Å²) in [6.07, 6.45) is 5.50. The van der Waals surface area contributed by atoms with Crippen molar-refractivity contribution in [3.05, 3.63) is 18.7 Å². The average Bonchev–Trinajstić information content (AvgIpc) is 2.51. The molecule has 0 aliphatic carbocycles. The number of hydrogen-bond donors (Lipinski definition) is 0. The standard InChI is InChI=1S/C7H13N2O4P/c1-8-3-4-9(7-8)5-6-13-14(10,11)12-2/h3-4,7H,5-6H2,1-2H3. The number of hydrogen-bond acceptors (Lipinski definition) is 4. The summed E-state index contributed by atoms with van der Waals surface area (Å²) in [6, 6.07) is 0. The first kappa shape index (κ1) is 11.4. The Morgan fingerprint density at radius 3 is 2.86 bits per heavy atom. The van der Waals surface area contributed by atoms with Crippen LogP contribution in [0.25, 0.3) is 0 Å². The molecule has 14 heavy (non-hydrogen) atoms. The number of nitrogens with zero attached hydrogens (tertiary/aromatic N) is 2. The maximum absolute atomic E-state index is 10.8. The lowest BCUT2D eigenvalue weighted by Crippen LogP contribution is -2.33. The van der Waals surface area contributed by atoms with Crippen LogP contribution >= 0.6 is 7.82 Å². The third-order valence-corrected chi connectivity index (χ3v) is 2.59. The highest BCUT2D eigenvalue weighted by atomic mass is 31.2. The molecule has 0 aliphatic heterocycles. The van der Waals surface area contributed by atoms with Crippen molar-refractivity contribution in [3.63, 3.8) is 0 Å². The molecule has 1 atom stereocenters. The SMILES string of the molecule is COP(=O)([O-])OCC[n+]1ccn(C)c1. The second kappa shape index (κ2) is 4.70. The Labute approximate surface area is 82.3 Å². The molecule has 0 N–H and O–H groups in total. The van der Waals surface area contributed by atoms with E-state index in [1.165, 1.54) is 0 Å². The van der Waals surface area contributed by atoms with Crippen LogP contribution in [0.15, 0.2) is 18.7 Å². The summed E-state index contributed by atoms with van der Waals surface area (Å²) >= 11 is 0. The lowest BCUT2D eigenvalue weighted by atomic mass is 10.7. The molecule has 1 heterocycles. The third-order valence-electron chi connectivity index (χ3n) is 1.65. The van der Waals surface area contributed by atoms with Crippen LogP contribution in [0.1, 0.15) is 0 Å². The molecule has 7 heteroatoms. The van der Waals surface area contributed by atoms with E-state index >= 15 is 0 Å². The van der Waals surface area contributed by atoms with E-state index in [4.69, 9.17) is 0 Å². The van der Waals surface area contributed by atoms with Crippen molar-refractivity contribution < 1.29 is 23.1 Å². The molecule has 0 fully saturated rings. The molecule has 1 aromatic rings. The van der Waals surface area contributed by atoms with Crippen LogP contribution in [-0.4, -0.2) is 18.3 Å². The number of aryl methyl sites for hydroxylation is 1.